The Kier molecular flexibility index (Phi) is 4.19. The van der Waals surface area contributed by atoms with E-state index in [1.54, 1.807) is 0 Å². The zero-order valence-corrected chi connectivity index (χ0v) is 11.9. The first-order valence-corrected chi connectivity index (χ1v) is 7.83. The van der Waals surface area contributed by atoms with Crippen molar-refractivity contribution >= 4 is 0 Å². The van der Waals surface area contributed by atoms with Crippen LogP contribution in [0.4, 0.5) is 0 Å². The third-order valence-corrected chi connectivity index (χ3v) is 4.88. The summed E-state index contributed by atoms with van der Waals surface area (Å²) in [5.41, 5.74) is 2.07. The van der Waals surface area contributed by atoms with Gasteiger partial charge < -0.3 is 5.32 Å². The minimum Gasteiger partial charge on any atom is -0.317 e. The molecule has 2 aliphatic rings. The van der Waals surface area contributed by atoms with Gasteiger partial charge in [0.15, 0.2) is 0 Å². The fourth-order valence-corrected chi connectivity index (χ4v) is 3.89. The zero-order valence-electron chi connectivity index (χ0n) is 11.9. The van der Waals surface area contributed by atoms with Gasteiger partial charge >= 0.3 is 0 Å². The van der Waals surface area contributed by atoms with Gasteiger partial charge in [0, 0.05) is 13.1 Å². The van der Waals surface area contributed by atoms with Gasteiger partial charge in [0.05, 0.1) is 0 Å². The first-order chi connectivity index (χ1) is 9.36. The third-order valence-electron chi connectivity index (χ3n) is 4.88. The highest BCUT2D eigenvalue weighted by atomic mass is 15.1. The number of rotatable bonds is 2. The summed E-state index contributed by atoms with van der Waals surface area (Å²) in [6.07, 6.45) is 6.98. The number of nitrogens with zero attached hydrogens (tertiary/aromatic N) is 1. The van der Waals surface area contributed by atoms with Crippen LogP contribution in [0.25, 0.3) is 0 Å². The van der Waals surface area contributed by atoms with Crippen LogP contribution in [0, 0.1) is 5.41 Å². The largest absolute Gasteiger partial charge is 0.317 e. The van der Waals surface area contributed by atoms with E-state index >= 15 is 0 Å². The van der Waals surface area contributed by atoms with Crippen LogP contribution in [0.5, 0.6) is 0 Å². The van der Waals surface area contributed by atoms with E-state index in [-0.39, 0.29) is 0 Å². The van der Waals surface area contributed by atoms with Crippen LogP contribution in [0.15, 0.2) is 30.3 Å². The molecular formula is C17H26N2. The van der Waals surface area contributed by atoms with Crippen molar-refractivity contribution in [3.63, 3.8) is 0 Å². The van der Waals surface area contributed by atoms with Gasteiger partial charge in [0.1, 0.15) is 0 Å². The van der Waals surface area contributed by atoms with E-state index in [1.165, 1.54) is 63.8 Å². The van der Waals surface area contributed by atoms with E-state index < -0.39 is 0 Å². The fourth-order valence-electron chi connectivity index (χ4n) is 3.89. The van der Waals surface area contributed by atoms with Crippen molar-refractivity contribution in [3.8, 4) is 0 Å². The molecule has 0 amide bonds. The molecule has 2 nitrogen and oxygen atoms in total. The van der Waals surface area contributed by atoms with Crippen LogP contribution in [-0.4, -0.2) is 31.1 Å². The van der Waals surface area contributed by atoms with E-state index in [1.807, 2.05) is 0 Å². The van der Waals surface area contributed by atoms with E-state index in [0.717, 1.165) is 6.54 Å². The van der Waals surface area contributed by atoms with Crippen molar-refractivity contribution in [1.82, 2.24) is 10.2 Å². The molecule has 1 unspecified atom stereocenters. The summed E-state index contributed by atoms with van der Waals surface area (Å²) in [7, 11) is 0. The van der Waals surface area contributed by atoms with E-state index in [0.29, 0.717) is 5.41 Å². The second kappa shape index (κ2) is 6.06. The maximum absolute atomic E-state index is 3.56. The summed E-state index contributed by atoms with van der Waals surface area (Å²) in [5.74, 6) is 0. The second-order valence-electron chi connectivity index (χ2n) is 6.40. The maximum Gasteiger partial charge on any atom is 0.0233 e. The molecule has 2 heterocycles. The van der Waals surface area contributed by atoms with Crippen molar-refractivity contribution in [2.75, 3.05) is 26.2 Å². The molecule has 1 spiro atoms. The fraction of sp³-hybridized carbons (Fsp3) is 0.647. The summed E-state index contributed by atoms with van der Waals surface area (Å²) >= 11 is 0. The lowest BCUT2D eigenvalue weighted by Crippen LogP contribution is -2.43. The van der Waals surface area contributed by atoms with Crippen LogP contribution < -0.4 is 5.32 Å². The highest BCUT2D eigenvalue weighted by Crippen LogP contribution is 2.38. The highest BCUT2D eigenvalue weighted by molar-refractivity contribution is 5.14. The van der Waals surface area contributed by atoms with Crippen LogP contribution in [0.3, 0.4) is 0 Å². The van der Waals surface area contributed by atoms with Gasteiger partial charge in [-0.25, -0.2) is 0 Å². The molecule has 1 aromatic carbocycles. The van der Waals surface area contributed by atoms with Gasteiger partial charge in [-0.2, -0.15) is 0 Å². The molecule has 0 aromatic heterocycles. The lowest BCUT2D eigenvalue weighted by molar-refractivity contribution is 0.0714. The summed E-state index contributed by atoms with van der Waals surface area (Å²) < 4.78 is 0. The van der Waals surface area contributed by atoms with Gasteiger partial charge in [-0.1, -0.05) is 30.3 Å². The molecule has 3 rings (SSSR count). The summed E-state index contributed by atoms with van der Waals surface area (Å²) in [6, 6.07) is 10.9. The first-order valence-electron chi connectivity index (χ1n) is 7.83. The summed E-state index contributed by atoms with van der Waals surface area (Å²) in [5, 5.41) is 3.56. The van der Waals surface area contributed by atoms with Crippen LogP contribution in [0.1, 0.15) is 37.7 Å². The number of likely N-dealkylation sites (tertiary alicyclic amines) is 1. The molecule has 0 bridgehead atoms. The molecular weight excluding hydrogens is 232 g/mol. The number of piperidine rings is 1. The monoisotopic (exact) mass is 258 g/mol. The molecule has 1 atom stereocenters. The number of hydrogen-bond donors (Lipinski definition) is 1. The van der Waals surface area contributed by atoms with Crippen molar-refractivity contribution in [3.05, 3.63) is 35.9 Å². The van der Waals surface area contributed by atoms with E-state index in [9.17, 15) is 0 Å². The zero-order chi connectivity index (χ0) is 13.0. The van der Waals surface area contributed by atoms with Gasteiger partial charge in [0.2, 0.25) is 0 Å². The highest BCUT2D eigenvalue weighted by Gasteiger charge is 2.35. The Morgan fingerprint density at radius 1 is 1.00 bits per heavy atom. The summed E-state index contributed by atoms with van der Waals surface area (Å²) in [6.45, 7) is 6.17. The molecule has 0 aliphatic carbocycles. The first kappa shape index (κ1) is 13.1. The molecule has 2 aliphatic heterocycles. The molecule has 19 heavy (non-hydrogen) atoms. The predicted octanol–water partition coefficient (Wildman–Crippen LogP) is 3.04. The van der Waals surface area contributed by atoms with E-state index in [4.69, 9.17) is 0 Å². The molecule has 2 saturated heterocycles. The minimum atomic E-state index is 0.608. The SMILES string of the molecule is c1ccc(CN2CCCC3(CCCNCC3)C2)cc1. The topological polar surface area (TPSA) is 15.3 Å². The van der Waals surface area contributed by atoms with Crippen LogP contribution in [0.2, 0.25) is 0 Å². The Bertz CT molecular complexity index is 380. The van der Waals surface area contributed by atoms with Gasteiger partial charge in [0.25, 0.3) is 0 Å². The van der Waals surface area contributed by atoms with Gasteiger partial charge in [-0.3, -0.25) is 4.90 Å². The molecule has 2 fully saturated rings. The van der Waals surface area contributed by atoms with Crippen molar-refractivity contribution < 1.29 is 0 Å². The Labute approximate surface area is 117 Å². The Balaban J connectivity index is 1.64. The van der Waals surface area contributed by atoms with Crippen LogP contribution >= 0.6 is 0 Å². The van der Waals surface area contributed by atoms with Crippen molar-refractivity contribution in [2.45, 2.75) is 38.6 Å². The normalized spacial score (nSPS) is 29.3. The maximum atomic E-state index is 3.56. The van der Waals surface area contributed by atoms with E-state index in [2.05, 4.69) is 40.5 Å². The molecule has 104 valence electrons. The Hall–Kier alpha value is -0.860. The number of nitrogens with one attached hydrogen (secondary N) is 1. The molecule has 0 radical (unpaired) electrons. The summed E-state index contributed by atoms with van der Waals surface area (Å²) in [4.78, 5) is 2.68. The smallest absolute Gasteiger partial charge is 0.0233 e. The van der Waals surface area contributed by atoms with Crippen molar-refractivity contribution in [2.24, 2.45) is 5.41 Å². The number of hydrogen-bond acceptors (Lipinski definition) is 2. The molecule has 2 heteroatoms. The average molecular weight is 258 g/mol. The quantitative estimate of drug-likeness (QED) is 0.877. The Morgan fingerprint density at radius 3 is 2.74 bits per heavy atom. The van der Waals surface area contributed by atoms with Crippen molar-refractivity contribution in [1.29, 1.82) is 0 Å². The average Bonchev–Trinajstić information content (AvgIpc) is 2.66. The second-order valence-corrected chi connectivity index (χ2v) is 6.40. The molecule has 1 N–H and O–H groups in total. The number of benzene rings is 1. The lowest BCUT2D eigenvalue weighted by atomic mass is 9.74. The molecule has 0 saturated carbocycles. The standard InChI is InChI=1S/C17H26N2/c1-2-6-16(7-3-1)14-19-13-5-9-17(15-19)8-4-11-18-12-10-17/h1-3,6-7,18H,4-5,8-15H2. The van der Waals surface area contributed by atoms with Crippen LogP contribution in [-0.2, 0) is 6.54 Å². The Morgan fingerprint density at radius 2 is 1.84 bits per heavy atom. The van der Waals surface area contributed by atoms with Gasteiger partial charge in [-0.05, 0) is 62.7 Å². The molecule has 1 aromatic rings. The third kappa shape index (κ3) is 3.37. The van der Waals surface area contributed by atoms with Gasteiger partial charge in [-0.15, -0.1) is 0 Å². The predicted molar refractivity (Wildman–Crippen MR) is 80.1 cm³/mol. The minimum absolute atomic E-state index is 0.608. The lowest BCUT2D eigenvalue weighted by Gasteiger charge is -2.42.